The Kier molecular flexibility index (Phi) is 5.22. The van der Waals surface area contributed by atoms with Crippen molar-refractivity contribution < 1.29 is 0 Å². The van der Waals surface area contributed by atoms with Crippen molar-refractivity contribution in [2.24, 2.45) is 0 Å². The predicted octanol–water partition coefficient (Wildman–Crippen LogP) is 2.01. The third-order valence-corrected chi connectivity index (χ3v) is 3.24. The Hall–Kier alpha value is -0.450. The fourth-order valence-electron chi connectivity index (χ4n) is 1.37. The molecule has 15 heavy (non-hydrogen) atoms. The fraction of sp³-hybridized carbons (Fsp3) is 0.727. The molecule has 0 aliphatic rings. The summed E-state index contributed by atoms with van der Waals surface area (Å²) in [6.45, 7) is 7.27. The van der Waals surface area contributed by atoms with Crippen LogP contribution in [0.25, 0.3) is 0 Å². The van der Waals surface area contributed by atoms with E-state index in [-0.39, 0.29) is 0 Å². The summed E-state index contributed by atoms with van der Waals surface area (Å²) in [6.07, 6.45) is 1.18. The zero-order valence-corrected chi connectivity index (χ0v) is 10.9. The lowest BCUT2D eigenvalue weighted by Crippen LogP contribution is -2.13. The molecule has 0 bridgehead atoms. The molecule has 0 aromatic carbocycles. The van der Waals surface area contributed by atoms with Gasteiger partial charge in [0, 0.05) is 18.0 Å². The van der Waals surface area contributed by atoms with E-state index in [2.05, 4.69) is 43.1 Å². The molecule has 0 aliphatic carbocycles. The van der Waals surface area contributed by atoms with Crippen LogP contribution >= 0.6 is 11.3 Å². The number of thiazole rings is 1. The standard InChI is InChI=1S/C11H21N3S/c1-5-6-12-7-10-9(2)13-11(15-10)8-14(3)4/h12H,5-8H2,1-4H3. The van der Waals surface area contributed by atoms with Crippen LogP contribution in [-0.4, -0.2) is 30.5 Å². The van der Waals surface area contributed by atoms with Crippen molar-refractivity contribution in [3.63, 3.8) is 0 Å². The molecule has 0 atom stereocenters. The number of nitrogens with zero attached hydrogens (tertiary/aromatic N) is 2. The van der Waals surface area contributed by atoms with Crippen molar-refractivity contribution in [1.29, 1.82) is 0 Å². The van der Waals surface area contributed by atoms with Crippen LogP contribution in [0.15, 0.2) is 0 Å². The molecule has 0 amide bonds. The third-order valence-electron chi connectivity index (χ3n) is 2.10. The average molecular weight is 227 g/mol. The lowest BCUT2D eigenvalue weighted by Gasteiger charge is -2.04. The Bertz CT molecular complexity index is 294. The molecular formula is C11H21N3S. The van der Waals surface area contributed by atoms with Crippen LogP contribution in [0, 0.1) is 6.92 Å². The highest BCUT2D eigenvalue weighted by atomic mass is 32.1. The van der Waals surface area contributed by atoms with Crippen molar-refractivity contribution >= 4 is 11.3 Å². The SMILES string of the molecule is CCCNCc1sc(CN(C)C)nc1C. The second-order valence-corrected chi connectivity index (χ2v) is 5.20. The second-order valence-electron chi connectivity index (χ2n) is 4.03. The minimum Gasteiger partial charge on any atom is -0.312 e. The van der Waals surface area contributed by atoms with E-state index in [0.29, 0.717) is 0 Å². The molecule has 1 rings (SSSR count). The molecular weight excluding hydrogens is 206 g/mol. The highest BCUT2D eigenvalue weighted by molar-refractivity contribution is 7.11. The van der Waals surface area contributed by atoms with Gasteiger partial charge in [0.25, 0.3) is 0 Å². The number of hydrogen-bond donors (Lipinski definition) is 1. The molecule has 0 unspecified atom stereocenters. The second kappa shape index (κ2) is 6.20. The molecule has 1 aromatic heterocycles. The third kappa shape index (κ3) is 4.28. The van der Waals surface area contributed by atoms with Crippen LogP contribution in [0.3, 0.4) is 0 Å². The summed E-state index contributed by atoms with van der Waals surface area (Å²) in [5.41, 5.74) is 1.18. The Morgan fingerprint density at radius 1 is 1.40 bits per heavy atom. The quantitative estimate of drug-likeness (QED) is 0.754. The van der Waals surface area contributed by atoms with Gasteiger partial charge in [-0.15, -0.1) is 11.3 Å². The maximum absolute atomic E-state index is 4.57. The normalized spacial score (nSPS) is 11.3. The lowest BCUT2D eigenvalue weighted by atomic mass is 10.4. The van der Waals surface area contributed by atoms with Crippen molar-refractivity contribution in [2.75, 3.05) is 20.6 Å². The van der Waals surface area contributed by atoms with Gasteiger partial charge < -0.3 is 10.2 Å². The van der Waals surface area contributed by atoms with Crippen molar-refractivity contribution in [3.05, 3.63) is 15.6 Å². The smallest absolute Gasteiger partial charge is 0.107 e. The van der Waals surface area contributed by atoms with Gasteiger partial charge in [0.2, 0.25) is 0 Å². The molecule has 86 valence electrons. The van der Waals surface area contributed by atoms with Gasteiger partial charge in [-0.25, -0.2) is 4.98 Å². The predicted molar refractivity (Wildman–Crippen MR) is 66.2 cm³/mol. The van der Waals surface area contributed by atoms with Gasteiger partial charge in [-0.3, -0.25) is 0 Å². The van der Waals surface area contributed by atoms with Crippen LogP contribution in [-0.2, 0) is 13.1 Å². The summed E-state index contributed by atoms with van der Waals surface area (Å²) in [5.74, 6) is 0. The van der Waals surface area contributed by atoms with Gasteiger partial charge in [0.05, 0.1) is 5.69 Å². The summed E-state index contributed by atoms with van der Waals surface area (Å²) in [6, 6.07) is 0. The minimum atomic E-state index is 0.944. The molecule has 0 aliphatic heterocycles. The number of aromatic nitrogens is 1. The Morgan fingerprint density at radius 3 is 2.73 bits per heavy atom. The monoisotopic (exact) mass is 227 g/mol. The van der Waals surface area contributed by atoms with Gasteiger partial charge in [-0.2, -0.15) is 0 Å². The van der Waals surface area contributed by atoms with E-state index >= 15 is 0 Å². The van der Waals surface area contributed by atoms with E-state index in [1.165, 1.54) is 22.0 Å². The van der Waals surface area contributed by atoms with Crippen LogP contribution in [0.1, 0.15) is 28.9 Å². The molecule has 0 radical (unpaired) electrons. The summed E-state index contributed by atoms with van der Waals surface area (Å²) in [7, 11) is 4.15. The first-order valence-electron chi connectivity index (χ1n) is 5.44. The van der Waals surface area contributed by atoms with Crippen molar-refractivity contribution in [2.45, 2.75) is 33.4 Å². The largest absolute Gasteiger partial charge is 0.312 e. The first-order valence-corrected chi connectivity index (χ1v) is 6.25. The van der Waals surface area contributed by atoms with E-state index in [1.54, 1.807) is 0 Å². The molecule has 3 nitrogen and oxygen atoms in total. The van der Waals surface area contributed by atoms with E-state index in [1.807, 2.05) is 11.3 Å². The molecule has 0 fully saturated rings. The molecule has 1 heterocycles. The summed E-state index contributed by atoms with van der Waals surface area (Å²) in [4.78, 5) is 8.10. The molecule has 0 saturated heterocycles. The zero-order chi connectivity index (χ0) is 11.3. The first-order chi connectivity index (χ1) is 7.13. The number of hydrogen-bond acceptors (Lipinski definition) is 4. The first kappa shape index (κ1) is 12.6. The zero-order valence-electron chi connectivity index (χ0n) is 10.1. The Labute approximate surface area is 96.5 Å². The van der Waals surface area contributed by atoms with Gasteiger partial charge in [0.15, 0.2) is 0 Å². The molecule has 4 heteroatoms. The number of nitrogens with one attached hydrogen (secondary N) is 1. The van der Waals surface area contributed by atoms with Crippen molar-refractivity contribution in [1.82, 2.24) is 15.2 Å². The summed E-state index contributed by atoms with van der Waals surface area (Å²) < 4.78 is 0. The molecule has 1 aromatic rings. The minimum absolute atomic E-state index is 0.944. The maximum Gasteiger partial charge on any atom is 0.107 e. The van der Waals surface area contributed by atoms with Gasteiger partial charge in [-0.1, -0.05) is 6.92 Å². The van der Waals surface area contributed by atoms with Crippen LogP contribution in [0.2, 0.25) is 0 Å². The van der Waals surface area contributed by atoms with E-state index in [0.717, 1.165) is 19.6 Å². The summed E-state index contributed by atoms with van der Waals surface area (Å²) >= 11 is 1.82. The molecule has 0 saturated carbocycles. The van der Waals surface area contributed by atoms with Gasteiger partial charge >= 0.3 is 0 Å². The van der Waals surface area contributed by atoms with Crippen molar-refractivity contribution in [3.8, 4) is 0 Å². The molecule has 1 N–H and O–H groups in total. The number of aryl methyl sites for hydroxylation is 1. The van der Waals surface area contributed by atoms with Crippen LogP contribution in [0.5, 0.6) is 0 Å². The maximum atomic E-state index is 4.57. The highest BCUT2D eigenvalue weighted by Crippen LogP contribution is 2.18. The van der Waals surface area contributed by atoms with E-state index in [9.17, 15) is 0 Å². The lowest BCUT2D eigenvalue weighted by molar-refractivity contribution is 0.401. The van der Waals surface area contributed by atoms with Gasteiger partial charge in [0.1, 0.15) is 5.01 Å². The Morgan fingerprint density at radius 2 is 2.13 bits per heavy atom. The highest BCUT2D eigenvalue weighted by Gasteiger charge is 2.07. The van der Waals surface area contributed by atoms with E-state index in [4.69, 9.17) is 0 Å². The van der Waals surface area contributed by atoms with Gasteiger partial charge in [-0.05, 0) is 34.0 Å². The average Bonchev–Trinajstić information content (AvgIpc) is 2.46. The van der Waals surface area contributed by atoms with Crippen LogP contribution in [0.4, 0.5) is 0 Å². The topological polar surface area (TPSA) is 28.2 Å². The fourth-order valence-corrected chi connectivity index (χ4v) is 2.53. The van der Waals surface area contributed by atoms with Crippen LogP contribution < -0.4 is 5.32 Å². The number of rotatable bonds is 6. The molecule has 0 spiro atoms. The Balaban J connectivity index is 2.53. The van der Waals surface area contributed by atoms with E-state index < -0.39 is 0 Å². The summed E-state index contributed by atoms with van der Waals surface area (Å²) in [5, 5.41) is 4.63.